The Balaban J connectivity index is 3.29. The third kappa shape index (κ3) is 2.67. The van der Waals surface area contributed by atoms with Gasteiger partial charge >= 0.3 is 5.97 Å². The molecule has 0 saturated heterocycles. The van der Waals surface area contributed by atoms with Crippen molar-refractivity contribution in [2.75, 3.05) is 20.8 Å². The van der Waals surface area contributed by atoms with E-state index in [0.29, 0.717) is 11.5 Å². The fourth-order valence-electron chi connectivity index (χ4n) is 1.33. The summed E-state index contributed by atoms with van der Waals surface area (Å²) in [4.78, 5) is 14.9. The lowest BCUT2D eigenvalue weighted by molar-refractivity contribution is 0.0527. The SMILES string of the molecule is [C-]#[N+]c1cc(OC)c(OC)cc1C(=O)OCC. The fraction of sp³-hybridized carbons (Fsp3) is 0.333. The van der Waals surface area contributed by atoms with Gasteiger partial charge in [-0.05, 0) is 19.1 Å². The third-order valence-electron chi connectivity index (χ3n) is 2.12. The van der Waals surface area contributed by atoms with Crippen molar-refractivity contribution in [3.8, 4) is 11.5 Å². The van der Waals surface area contributed by atoms with E-state index in [1.165, 1.54) is 26.4 Å². The van der Waals surface area contributed by atoms with E-state index >= 15 is 0 Å². The van der Waals surface area contributed by atoms with Gasteiger partial charge in [0, 0.05) is 0 Å². The van der Waals surface area contributed by atoms with Gasteiger partial charge in [-0.25, -0.2) is 9.64 Å². The summed E-state index contributed by atoms with van der Waals surface area (Å²) >= 11 is 0. The number of esters is 1. The quantitative estimate of drug-likeness (QED) is 0.594. The first kappa shape index (κ1) is 12.8. The van der Waals surface area contributed by atoms with Gasteiger partial charge < -0.3 is 14.2 Å². The van der Waals surface area contributed by atoms with Crippen molar-refractivity contribution >= 4 is 11.7 Å². The molecule has 0 aliphatic rings. The maximum absolute atomic E-state index is 11.6. The Morgan fingerprint density at radius 2 is 1.88 bits per heavy atom. The van der Waals surface area contributed by atoms with E-state index in [-0.39, 0.29) is 17.9 Å². The summed E-state index contributed by atoms with van der Waals surface area (Å²) in [6, 6.07) is 2.91. The molecule has 0 N–H and O–H groups in total. The Bertz CT molecular complexity index is 462. The monoisotopic (exact) mass is 235 g/mol. The van der Waals surface area contributed by atoms with Crippen molar-refractivity contribution in [2.45, 2.75) is 6.92 Å². The second-order valence-electron chi connectivity index (χ2n) is 3.06. The molecule has 0 aliphatic carbocycles. The molecule has 0 atom stereocenters. The highest BCUT2D eigenvalue weighted by Gasteiger charge is 2.17. The van der Waals surface area contributed by atoms with Gasteiger partial charge in [-0.2, -0.15) is 0 Å². The van der Waals surface area contributed by atoms with E-state index in [9.17, 15) is 4.79 Å². The maximum atomic E-state index is 11.6. The number of carbonyl (C=O) groups excluding carboxylic acids is 1. The summed E-state index contributed by atoms with van der Waals surface area (Å²) in [6.07, 6.45) is 0. The number of hydrogen-bond acceptors (Lipinski definition) is 4. The van der Waals surface area contributed by atoms with Gasteiger partial charge in [0.2, 0.25) is 5.69 Å². The van der Waals surface area contributed by atoms with Crippen LogP contribution in [0.1, 0.15) is 17.3 Å². The predicted molar refractivity (Wildman–Crippen MR) is 61.8 cm³/mol. The summed E-state index contributed by atoms with van der Waals surface area (Å²) in [7, 11) is 2.93. The van der Waals surface area contributed by atoms with Crippen LogP contribution in [0, 0.1) is 6.57 Å². The molecule has 1 aromatic rings. The van der Waals surface area contributed by atoms with Crippen LogP contribution in [-0.2, 0) is 4.74 Å². The van der Waals surface area contributed by atoms with Crippen LogP contribution >= 0.6 is 0 Å². The fourth-order valence-corrected chi connectivity index (χ4v) is 1.33. The maximum Gasteiger partial charge on any atom is 0.327 e. The molecule has 5 nitrogen and oxygen atoms in total. The first-order valence-corrected chi connectivity index (χ1v) is 4.98. The van der Waals surface area contributed by atoms with Crippen LogP contribution in [0.15, 0.2) is 12.1 Å². The van der Waals surface area contributed by atoms with Gasteiger partial charge in [-0.15, -0.1) is 0 Å². The van der Waals surface area contributed by atoms with Crippen molar-refractivity contribution in [3.63, 3.8) is 0 Å². The molecule has 0 amide bonds. The van der Waals surface area contributed by atoms with Gasteiger partial charge in [0.25, 0.3) is 0 Å². The number of carbonyl (C=O) groups is 1. The number of rotatable bonds is 4. The zero-order chi connectivity index (χ0) is 12.8. The molecular weight excluding hydrogens is 222 g/mol. The van der Waals surface area contributed by atoms with E-state index in [0.717, 1.165) is 0 Å². The van der Waals surface area contributed by atoms with Gasteiger partial charge in [-0.3, -0.25) is 0 Å². The molecule has 0 aliphatic heterocycles. The van der Waals surface area contributed by atoms with Crippen LogP contribution < -0.4 is 9.47 Å². The Labute approximate surface area is 99.7 Å². The van der Waals surface area contributed by atoms with Crippen molar-refractivity contribution in [1.82, 2.24) is 0 Å². The highest BCUT2D eigenvalue weighted by Crippen LogP contribution is 2.35. The summed E-state index contributed by atoms with van der Waals surface area (Å²) in [6.45, 7) is 8.99. The van der Waals surface area contributed by atoms with E-state index in [1.54, 1.807) is 6.92 Å². The van der Waals surface area contributed by atoms with Crippen LogP contribution in [0.4, 0.5) is 5.69 Å². The van der Waals surface area contributed by atoms with Crippen molar-refractivity contribution in [1.29, 1.82) is 0 Å². The van der Waals surface area contributed by atoms with E-state index in [2.05, 4.69) is 4.85 Å². The molecule has 1 rings (SSSR count). The molecule has 0 fully saturated rings. The smallest absolute Gasteiger partial charge is 0.327 e. The van der Waals surface area contributed by atoms with Gasteiger partial charge in [0.05, 0.1) is 33.0 Å². The zero-order valence-electron chi connectivity index (χ0n) is 9.94. The molecule has 0 spiro atoms. The molecule has 0 bridgehead atoms. The average molecular weight is 235 g/mol. The van der Waals surface area contributed by atoms with Crippen molar-refractivity contribution < 1.29 is 19.0 Å². The third-order valence-corrected chi connectivity index (χ3v) is 2.12. The molecule has 0 aromatic heterocycles. The summed E-state index contributed by atoms with van der Waals surface area (Å²) in [5.74, 6) is 0.258. The highest BCUT2D eigenvalue weighted by molar-refractivity contribution is 5.97. The lowest BCUT2D eigenvalue weighted by Gasteiger charge is -2.10. The molecule has 0 unspecified atom stereocenters. The Hall–Kier alpha value is -2.22. The average Bonchev–Trinajstić information content (AvgIpc) is 2.37. The summed E-state index contributed by atoms with van der Waals surface area (Å²) in [5.41, 5.74) is 0.362. The normalized spacial score (nSPS) is 9.29. The van der Waals surface area contributed by atoms with Crippen molar-refractivity contribution in [2.24, 2.45) is 0 Å². The van der Waals surface area contributed by atoms with Gasteiger partial charge in [-0.1, -0.05) is 0 Å². The van der Waals surface area contributed by atoms with Crippen LogP contribution in [0.2, 0.25) is 0 Å². The van der Waals surface area contributed by atoms with Crippen molar-refractivity contribution in [3.05, 3.63) is 29.1 Å². The zero-order valence-corrected chi connectivity index (χ0v) is 9.94. The Morgan fingerprint density at radius 1 is 1.29 bits per heavy atom. The predicted octanol–water partition coefficient (Wildman–Crippen LogP) is 2.43. The number of nitrogens with zero attached hydrogens (tertiary/aromatic N) is 1. The van der Waals surface area contributed by atoms with Crippen LogP contribution in [0.5, 0.6) is 11.5 Å². The number of methoxy groups -OCH3 is 2. The lowest BCUT2D eigenvalue weighted by Crippen LogP contribution is -2.05. The topological polar surface area (TPSA) is 49.1 Å². The number of benzene rings is 1. The number of ether oxygens (including phenoxy) is 3. The molecule has 0 radical (unpaired) electrons. The van der Waals surface area contributed by atoms with E-state index in [4.69, 9.17) is 20.8 Å². The van der Waals surface area contributed by atoms with Gasteiger partial charge in [0.15, 0.2) is 5.75 Å². The molecule has 5 heteroatoms. The van der Waals surface area contributed by atoms with Crippen LogP contribution in [0.3, 0.4) is 0 Å². The molecular formula is C12H13NO4. The minimum Gasteiger partial charge on any atom is -0.494 e. The van der Waals surface area contributed by atoms with Crippen LogP contribution in [-0.4, -0.2) is 26.8 Å². The standard InChI is InChI=1S/C12H13NO4/c1-5-17-12(14)8-6-10(15-3)11(16-4)7-9(8)13-2/h6-7H,5H2,1,3-4H3. The molecule has 17 heavy (non-hydrogen) atoms. The first-order chi connectivity index (χ1) is 8.17. The van der Waals surface area contributed by atoms with E-state index < -0.39 is 5.97 Å². The minimum absolute atomic E-state index is 0.180. The summed E-state index contributed by atoms with van der Waals surface area (Å²) in [5, 5.41) is 0. The first-order valence-electron chi connectivity index (χ1n) is 4.98. The Morgan fingerprint density at radius 3 is 2.35 bits per heavy atom. The number of hydrogen-bond donors (Lipinski definition) is 0. The summed E-state index contributed by atoms with van der Waals surface area (Å²) < 4.78 is 15.0. The largest absolute Gasteiger partial charge is 0.494 e. The van der Waals surface area contributed by atoms with Gasteiger partial charge in [0.1, 0.15) is 5.75 Å². The minimum atomic E-state index is -0.542. The lowest BCUT2D eigenvalue weighted by atomic mass is 10.1. The molecule has 90 valence electrons. The highest BCUT2D eigenvalue weighted by atomic mass is 16.5. The molecule has 0 heterocycles. The Kier molecular flexibility index (Phi) is 4.35. The molecule has 0 saturated carbocycles. The van der Waals surface area contributed by atoms with E-state index in [1.807, 2.05) is 0 Å². The second-order valence-corrected chi connectivity index (χ2v) is 3.06. The second kappa shape index (κ2) is 5.75. The molecule has 1 aromatic carbocycles. The van der Waals surface area contributed by atoms with Crippen LogP contribution in [0.25, 0.3) is 4.85 Å².